The number of hydrogen-bond acceptors (Lipinski definition) is 3. The molecule has 0 atom stereocenters. The zero-order valence-corrected chi connectivity index (χ0v) is 19.7. The van der Waals surface area contributed by atoms with Crippen molar-refractivity contribution in [3.8, 4) is 5.75 Å². The molecule has 3 heteroatoms. The van der Waals surface area contributed by atoms with Gasteiger partial charge >= 0.3 is 0 Å². The molecule has 0 amide bonds. The third-order valence-electron chi connectivity index (χ3n) is 6.78. The molecule has 3 nitrogen and oxygen atoms in total. The highest BCUT2D eigenvalue weighted by Crippen LogP contribution is 2.32. The first-order valence-electron chi connectivity index (χ1n) is 12.4. The SMILES string of the molecule is CCCC(CCC)C1CCN(Cc2cccc(COc3ccc(CCN)cc3)c2)CC1. The Hall–Kier alpha value is -1.84. The lowest BCUT2D eigenvalue weighted by Crippen LogP contribution is -2.35. The van der Waals surface area contributed by atoms with Gasteiger partial charge in [0.2, 0.25) is 0 Å². The van der Waals surface area contributed by atoms with Crippen LogP contribution in [0, 0.1) is 11.8 Å². The van der Waals surface area contributed by atoms with Crippen LogP contribution in [0.15, 0.2) is 48.5 Å². The second-order valence-corrected chi connectivity index (χ2v) is 9.24. The smallest absolute Gasteiger partial charge is 0.119 e. The summed E-state index contributed by atoms with van der Waals surface area (Å²) in [7, 11) is 0. The Morgan fingerprint density at radius 2 is 1.61 bits per heavy atom. The fraction of sp³-hybridized carbons (Fsp3) is 0.571. The van der Waals surface area contributed by atoms with E-state index in [-0.39, 0.29) is 0 Å². The van der Waals surface area contributed by atoms with Gasteiger partial charge in [-0.25, -0.2) is 0 Å². The summed E-state index contributed by atoms with van der Waals surface area (Å²) in [5.74, 6) is 2.80. The minimum Gasteiger partial charge on any atom is -0.489 e. The summed E-state index contributed by atoms with van der Waals surface area (Å²) in [5, 5.41) is 0. The summed E-state index contributed by atoms with van der Waals surface area (Å²) in [6.45, 7) is 9.51. The summed E-state index contributed by atoms with van der Waals surface area (Å²) in [6, 6.07) is 17.2. The van der Waals surface area contributed by atoms with E-state index in [1.165, 1.54) is 68.3 Å². The summed E-state index contributed by atoms with van der Waals surface area (Å²) in [4.78, 5) is 2.64. The van der Waals surface area contributed by atoms with E-state index in [1.807, 2.05) is 12.1 Å². The third kappa shape index (κ3) is 7.66. The number of ether oxygens (including phenoxy) is 1. The first-order chi connectivity index (χ1) is 15.2. The molecule has 3 rings (SSSR count). The van der Waals surface area contributed by atoms with Crippen molar-refractivity contribution in [2.45, 2.75) is 71.9 Å². The molecule has 0 aromatic heterocycles. The topological polar surface area (TPSA) is 38.5 Å². The molecule has 0 spiro atoms. The van der Waals surface area contributed by atoms with E-state index in [9.17, 15) is 0 Å². The highest BCUT2D eigenvalue weighted by molar-refractivity contribution is 5.28. The van der Waals surface area contributed by atoms with Crippen LogP contribution in [0.3, 0.4) is 0 Å². The second kappa shape index (κ2) is 12.9. The maximum atomic E-state index is 6.01. The first kappa shape index (κ1) is 23.8. The van der Waals surface area contributed by atoms with Crippen LogP contribution in [-0.2, 0) is 19.6 Å². The van der Waals surface area contributed by atoms with Crippen LogP contribution in [0.5, 0.6) is 5.75 Å². The highest BCUT2D eigenvalue weighted by Gasteiger charge is 2.25. The standard InChI is InChI=1S/C28H42N2O/c1-3-6-26(7-4-2)27-15-18-30(19-16-27)21-24-8-5-9-25(20-24)22-31-28-12-10-23(11-13-28)14-17-29/h5,8-13,20,26-27H,3-4,6-7,14-19,21-22,29H2,1-2H3. The zero-order valence-electron chi connectivity index (χ0n) is 19.7. The molecule has 31 heavy (non-hydrogen) atoms. The van der Waals surface area contributed by atoms with Gasteiger partial charge in [-0.3, -0.25) is 4.90 Å². The quantitative estimate of drug-likeness (QED) is 0.443. The summed E-state index contributed by atoms with van der Waals surface area (Å²) in [5.41, 5.74) is 9.52. The predicted octanol–water partition coefficient (Wildman–Crippen LogP) is 6.20. The van der Waals surface area contributed by atoms with Crippen LogP contribution >= 0.6 is 0 Å². The second-order valence-electron chi connectivity index (χ2n) is 9.24. The van der Waals surface area contributed by atoms with E-state index in [1.54, 1.807) is 0 Å². The van der Waals surface area contributed by atoms with Gasteiger partial charge in [0.1, 0.15) is 12.4 Å². The number of nitrogens with two attached hydrogens (primary N) is 1. The van der Waals surface area contributed by atoms with Crippen molar-refractivity contribution >= 4 is 0 Å². The van der Waals surface area contributed by atoms with Crippen LogP contribution in [0.1, 0.15) is 69.1 Å². The van der Waals surface area contributed by atoms with E-state index < -0.39 is 0 Å². The minimum absolute atomic E-state index is 0.613. The Kier molecular flexibility index (Phi) is 9.89. The molecule has 1 aliphatic rings. The Morgan fingerprint density at radius 3 is 2.26 bits per heavy atom. The molecular weight excluding hydrogens is 380 g/mol. The van der Waals surface area contributed by atoms with Gasteiger partial charge in [0.25, 0.3) is 0 Å². The van der Waals surface area contributed by atoms with Crippen molar-refractivity contribution in [1.82, 2.24) is 4.90 Å². The molecule has 0 aliphatic carbocycles. The van der Waals surface area contributed by atoms with Crippen LogP contribution in [0.2, 0.25) is 0 Å². The Morgan fingerprint density at radius 1 is 0.935 bits per heavy atom. The fourth-order valence-corrected chi connectivity index (χ4v) is 5.10. The molecule has 1 fully saturated rings. The average Bonchev–Trinajstić information content (AvgIpc) is 2.80. The molecule has 1 aliphatic heterocycles. The van der Waals surface area contributed by atoms with Crippen molar-refractivity contribution in [2.75, 3.05) is 19.6 Å². The van der Waals surface area contributed by atoms with E-state index in [4.69, 9.17) is 10.5 Å². The van der Waals surface area contributed by atoms with Crippen molar-refractivity contribution in [1.29, 1.82) is 0 Å². The van der Waals surface area contributed by atoms with Crippen LogP contribution < -0.4 is 10.5 Å². The number of piperidine rings is 1. The minimum atomic E-state index is 0.613. The molecule has 1 saturated heterocycles. The molecule has 170 valence electrons. The van der Waals surface area contributed by atoms with Crippen molar-refractivity contribution in [2.24, 2.45) is 17.6 Å². The van der Waals surface area contributed by atoms with E-state index in [0.717, 1.165) is 30.6 Å². The van der Waals surface area contributed by atoms with Gasteiger partial charge in [-0.1, -0.05) is 75.9 Å². The van der Waals surface area contributed by atoms with Crippen LogP contribution in [0.25, 0.3) is 0 Å². The molecule has 2 aromatic rings. The Bertz CT molecular complexity index is 744. The van der Waals surface area contributed by atoms with Gasteiger partial charge in [0.15, 0.2) is 0 Å². The Labute approximate surface area is 190 Å². The van der Waals surface area contributed by atoms with Gasteiger partial charge in [-0.05, 0) is 79.6 Å². The van der Waals surface area contributed by atoms with Gasteiger partial charge in [-0.2, -0.15) is 0 Å². The lowest BCUT2D eigenvalue weighted by atomic mass is 9.79. The number of benzene rings is 2. The molecule has 2 N–H and O–H groups in total. The zero-order chi connectivity index (χ0) is 21.9. The summed E-state index contributed by atoms with van der Waals surface area (Å²) in [6.07, 6.45) is 9.14. The van der Waals surface area contributed by atoms with E-state index >= 15 is 0 Å². The lowest BCUT2D eigenvalue weighted by molar-refractivity contribution is 0.132. The highest BCUT2D eigenvalue weighted by atomic mass is 16.5. The van der Waals surface area contributed by atoms with Gasteiger partial charge in [-0.15, -0.1) is 0 Å². The molecule has 0 saturated carbocycles. The first-order valence-corrected chi connectivity index (χ1v) is 12.4. The number of rotatable bonds is 12. The fourth-order valence-electron chi connectivity index (χ4n) is 5.10. The van der Waals surface area contributed by atoms with Gasteiger partial charge in [0.05, 0.1) is 0 Å². The normalized spacial score (nSPS) is 15.5. The molecule has 2 aromatic carbocycles. The number of likely N-dealkylation sites (tertiary alicyclic amines) is 1. The van der Waals surface area contributed by atoms with E-state index in [0.29, 0.717) is 13.2 Å². The van der Waals surface area contributed by atoms with Crippen molar-refractivity contribution < 1.29 is 4.74 Å². The molecule has 0 radical (unpaired) electrons. The van der Waals surface area contributed by atoms with Crippen LogP contribution in [-0.4, -0.2) is 24.5 Å². The van der Waals surface area contributed by atoms with Crippen LogP contribution in [0.4, 0.5) is 0 Å². The van der Waals surface area contributed by atoms with Crippen molar-refractivity contribution in [3.05, 3.63) is 65.2 Å². The maximum absolute atomic E-state index is 6.01. The third-order valence-corrected chi connectivity index (χ3v) is 6.78. The van der Waals surface area contributed by atoms with Gasteiger partial charge in [0, 0.05) is 6.54 Å². The molecule has 0 bridgehead atoms. The van der Waals surface area contributed by atoms with Gasteiger partial charge < -0.3 is 10.5 Å². The number of nitrogens with zero attached hydrogens (tertiary/aromatic N) is 1. The molecule has 1 heterocycles. The summed E-state index contributed by atoms with van der Waals surface area (Å²) >= 11 is 0. The largest absolute Gasteiger partial charge is 0.489 e. The lowest BCUT2D eigenvalue weighted by Gasteiger charge is -2.36. The molecule has 0 unspecified atom stereocenters. The molecular formula is C28H42N2O. The maximum Gasteiger partial charge on any atom is 0.119 e. The summed E-state index contributed by atoms with van der Waals surface area (Å²) < 4.78 is 6.01. The monoisotopic (exact) mass is 422 g/mol. The number of hydrogen-bond donors (Lipinski definition) is 1. The van der Waals surface area contributed by atoms with E-state index in [2.05, 4.69) is 55.1 Å². The Balaban J connectivity index is 1.47. The van der Waals surface area contributed by atoms with Crippen molar-refractivity contribution in [3.63, 3.8) is 0 Å². The predicted molar refractivity (Wildman–Crippen MR) is 131 cm³/mol. The average molecular weight is 423 g/mol.